The van der Waals surface area contributed by atoms with E-state index in [2.05, 4.69) is 38.7 Å². The van der Waals surface area contributed by atoms with Crippen LogP contribution < -0.4 is 10.6 Å². The van der Waals surface area contributed by atoms with Crippen LogP contribution >= 0.6 is 11.3 Å². The monoisotopic (exact) mass is 476 g/mol. The Labute approximate surface area is 202 Å². The first kappa shape index (κ1) is 22.7. The van der Waals surface area contributed by atoms with Gasteiger partial charge >= 0.3 is 0 Å². The third-order valence-electron chi connectivity index (χ3n) is 6.78. The molecular formula is C26H28N4O3S. The van der Waals surface area contributed by atoms with Gasteiger partial charge in [-0.25, -0.2) is 0 Å². The zero-order valence-electron chi connectivity index (χ0n) is 19.0. The Morgan fingerprint density at radius 2 is 2.18 bits per heavy atom. The Hall–Kier alpha value is -3.07. The Morgan fingerprint density at radius 3 is 2.91 bits per heavy atom. The first-order valence-electron chi connectivity index (χ1n) is 11.6. The molecule has 0 aliphatic carbocycles. The number of nitrogens with zero attached hydrogens (tertiary/aromatic N) is 2. The van der Waals surface area contributed by atoms with Gasteiger partial charge < -0.3 is 20.6 Å². The number of likely N-dealkylation sites (N-methyl/N-ethyl adjacent to an activating group) is 1. The molecule has 3 heterocycles. The van der Waals surface area contributed by atoms with Gasteiger partial charge in [0.1, 0.15) is 0 Å². The number of aromatic nitrogens is 1. The second-order valence-corrected chi connectivity index (χ2v) is 9.92. The third kappa shape index (κ3) is 4.61. The lowest BCUT2D eigenvalue weighted by atomic mass is 9.79. The first-order valence-corrected chi connectivity index (χ1v) is 12.4. The molecule has 1 fully saturated rings. The van der Waals surface area contributed by atoms with E-state index in [9.17, 15) is 14.7 Å². The highest BCUT2D eigenvalue weighted by Crippen LogP contribution is 2.39. The van der Waals surface area contributed by atoms with Crippen molar-refractivity contribution in [3.05, 3.63) is 70.9 Å². The van der Waals surface area contributed by atoms with Gasteiger partial charge in [0, 0.05) is 44.5 Å². The van der Waals surface area contributed by atoms with Crippen molar-refractivity contribution >= 4 is 28.8 Å². The molecule has 5 rings (SSSR count). The fourth-order valence-electron chi connectivity index (χ4n) is 5.09. The van der Waals surface area contributed by atoms with Gasteiger partial charge in [-0.3, -0.25) is 14.6 Å². The van der Waals surface area contributed by atoms with E-state index in [0.717, 1.165) is 45.8 Å². The Morgan fingerprint density at radius 1 is 1.29 bits per heavy atom. The van der Waals surface area contributed by atoms with Crippen LogP contribution in [-0.4, -0.2) is 59.6 Å². The van der Waals surface area contributed by atoms with Crippen molar-refractivity contribution in [3.63, 3.8) is 0 Å². The highest BCUT2D eigenvalue weighted by Gasteiger charge is 2.35. The number of β-amino-alcohol motifs (C(OH)–C–C–N with tert-alkyl or cyclic N) is 1. The summed E-state index contributed by atoms with van der Waals surface area (Å²) in [6.07, 6.45) is 2.63. The lowest BCUT2D eigenvalue weighted by Gasteiger charge is -2.31. The molecule has 1 unspecified atom stereocenters. The largest absolute Gasteiger partial charge is 0.392 e. The Balaban J connectivity index is 1.57. The zero-order chi connectivity index (χ0) is 23.7. The summed E-state index contributed by atoms with van der Waals surface area (Å²) in [5.41, 5.74) is 6.56. The van der Waals surface area contributed by atoms with Crippen molar-refractivity contribution in [2.75, 3.05) is 32.0 Å². The molecule has 7 nitrogen and oxygen atoms in total. The maximum Gasteiger partial charge on any atom is 0.228 e. The van der Waals surface area contributed by atoms with Crippen LogP contribution in [0.15, 0.2) is 54.2 Å². The van der Waals surface area contributed by atoms with Crippen molar-refractivity contribution in [2.45, 2.75) is 30.8 Å². The molecule has 1 aromatic heterocycles. The molecule has 3 aromatic rings. The van der Waals surface area contributed by atoms with Crippen molar-refractivity contribution in [2.24, 2.45) is 0 Å². The molecule has 2 amide bonds. The van der Waals surface area contributed by atoms with E-state index in [0.29, 0.717) is 19.5 Å². The summed E-state index contributed by atoms with van der Waals surface area (Å²) < 4.78 is 0. The highest BCUT2D eigenvalue weighted by atomic mass is 32.1. The minimum atomic E-state index is -0.456. The molecule has 2 aromatic carbocycles. The lowest BCUT2D eigenvalue weighted by molar-refractivity contribution is -0.122. The van der Waals surface area contributed by atoms with Gasteiger partial charge in [0.2, 0.25) is 11.8 Å². The van der Waals surface area contributed by atoms with Crippen molar-refractivity contribution in [1.82, 2.24) is 15.2 Å². The number of aliphatic hydroxyl groups is 1. The molecule has 34 heavy (non-hydrogen) atoms. The van der Waals surface area contributed by atoms with E-state index in [1.807, 2.05) is 36.0 Å². The maximum atomic E-state index is 13.4. The predicted octanol–water partition coefficient (Wildman–Crippen LogP) is 2.98. The number of aliphatic hydroxyl groups excluding tert-OH is 1. The number of hydrogen-bond acceptors (Lipinski definition) is 6. The van der Waals surface area contributed by atoms with Gasteiger partial charge in [0.05, 0.1) is 28.8 Å². The van der Waals surface area contributed by atoms with Crippen LogP contribution in [0.3, 0.4) is 0 Å². The summed E-state index contributed by atoms with van der Waals surface area (Å²) in [5.74, 6) is -0.698. The predicted molar refractivity (Wildman–Crippen MR) is 133 cm³/mol. The van der Waals surface area contributed by atoms with Crippen LogP contribution in [0.4, 0.5) is 5.69 Å². The minimum absolute atomic E-state index is 0.0245. The average molecular weight is 477 g/mol. The number of rotatable bonds is 7. The summed E-state index contributed by atoms with van der Waals surface area (Å²) in [5, 5.41) is 15.9. The van der Waals surface area contributed by atoms with Crippen LogP contribution in [-0.2, 0) is 16.0 Å². The van der Waals surface area contributed by atoms with E-state index in [1.165, 1.54) is 0 Å². The van der Waals surface area contributed by atoms with Gasteiger partial charge in [-0.05, 0) is 40.8 Å². The third-order valence-corrected chi connectivity index (χ3v) is 7.61. The van der Waals surface area contributed by atoms with E-state index >= 15 is 0 Å². The molecule has 2 aliphatic heterocycles. The standard InChI is InChI=1S/C26H28N4O3S/c1-27-26(33)25(19-6-5-17-11-24(32)29-22(17)10-19)21(14-30-8-7-20(31)13-30)16-3-2-4-18(9-16)23-12-28-15-34-23/h2-6,9-10,12,15,20-21,25,31H,7-8,11,13-14H2,1H3,(H,27,33)(H,29,32)/t20-,21+,25?/m0/s1. The van der Waals surface area contributed by atoms with Crippen LogP contribution in [0, 0.1) is 0 Å². The molecule has 0 spiro atoms. The minimum Gasteiger partial charge on any atom is -0.392 e. The number of carbonyl (C=O) groups excluding carboxylic acids is 2. The zero-order valence-corrected chi connectivity index (χ0v) is 19.8. The summed E-state index contributed by atoms with van der Waals surface area (Å²) >= 11 is 1.58. The number of benzene rings is 2. The van der Waals surface area contributed by atoms with E-state index in [1.54, 1.807) is 18.4 Å². The second kappa shape index (κ2) is 9.66. The fraction of sp³-hybridized carbons (Fsp3) is 0.346. The molecule has 8 heteroatoms. The Bertz CT molecular complexity index is 1200. The molecule has 176 valence electrons. The van der Waals surface area contributed by atoms with Crippen molar-refractivity contribution < 1.29 is 14.7 Å². The van der Waals surface area contributed by atoms with Crippen molar-refractivity contribution in [3.8, 4) is 10.4 Å². The smallest absolute Gasteiger partial charge is 0.228 e. The number of nitrogens with one attached hydrogen (secondary N) is 2. The van der Waals surface area contributed by atoms with Gasteiger partial charge in [0.15, 0.2) is 0 Å². The molecule has 2 aliphatic rings. The van der Waals surface area contributed by atoms with Gasteiger partial charge in [-0.15, -0.1) is 11.3 Å². The molecule has 3 N–H and O–H groups in total. The summed E-state index contributed by atoms with van der Waals surface area (Å²) in [4.78, 5) is 32.8. The number of anilines is 1. The normalized spacial score (nSPS) is 19.5. The number of hydrogen-bond donors (Lipinski definition) is 3. The Kier molecular flexibility index (Phi) is 6.45. The fourth-order valence-corrected chi connectivity index (χ4v) is 5.71. The molecule has 0 radical (unpaired) electrons. The van der Waals surface area contributed by atoms with Crippen LogP contribution in [0.2, 0.25) is 0 Å². The molecule has 3 atom stereocenters. The number of fused-ring (bicyclic) bond motifs is 1. The summed E-state index contributed by atoms with van der Waals surface area (Å²) in [6, 6.07) is 14.2. The number of carbonyl (C=O) groups is 2. The van der Waals surface area contributed by atoms with Gasteiger partial charge in [-0.2, -0.15) is 0 Å². The molecule has 0 bridgehead atoms. The molecule has 1 saturated heterocycles. The summed E-state index contributed by atoms with van der Waals surface area (Å²) in [6.45, 7) is 2.05. The molecular weight excluding hydrogens is 448 g/mol. The molecule has 0 saturated carbocycles. The maximum absolute atomic E-state index is 13.4. The van der Waals surface area contributed by atoms with E-state index < -0.39 is 5.92 Å². The number of amides is 2. The lowest BCUT2D eigenvalue weighted by Crippen LogP contribution is -2.36. The van der Waals surface area contributed by atoms with Gasteiger partial charge in [-0.1, -0.05) is 30.3 Å². The van der Waals surface area contributed by atoms with E-state index in [4.69, 9.17) is 0 Å². The van der Waals surface area contributed by atoms with Crippen LogP contribution in [0.1, 0.15) is 34.9 Å². The van der Waals surface area contributed by atoms with E-state index in [-0.39, 0.29) is 23.8 Å². The van der Waals surface area contributed by atoms with Crippen LogP contribution in [0.5, 0.6) is 0 Å². The SMILES string of the molecule is CNC(=O)C(c1ccc2c(c1)NC(=O)C2)[C@H](CN1CC[C@H](O)C1)c1cccc(-c2cncs2)c1. The average Bonchev–Trinajstić information content (AvgIpc) is 3.59. The number of likely N-dealkylation sites (tertiary alicyclic amines) is 1. The number of thiazole rings is 1. The second-order valence-electron chi connectivity index (χ2n) is 9.03. The summed E-state index contributed by atoms with van der Waals surface area (Å²) in [7, 11) is 1.66. The quantitative estimate of drug-likeness (QED) is 0.487. The topological polar surface area (TPSA) is 94.6 Å². The van der Waals surface area contributed by atoms with Gasteiger partial charge in [0.25, 0.3) is 0 Å². The van der Waals surface area contributed by atoms with Crippen molar-refractivity contribution in [1.29, 1.82) is 0 Å². The highest BCUT2D eigenvalue weighted by molar-refractivity contribution is 7.13. The van der Waals surface area contributed by atoms with Crippen LogP contribution in [0.25, 0.3) is 10.4 Å². The first-order chi connectivity index (χ1) is 16.5.